The Morgan fingerprint density at radius 2 is 2.05 bits per heavy atom. The molecule has 4 nitrogen and oxygen atoms in total. The molecule has 0 aliphatic rings. The molecule has 0 fully saturated rings. The maximum Gasteiger partial charge on any atom is 0.0751 e. The highest BCUT2D eigenvalue weighted by atomic mass is 15.3. The van der Waals surface area contributed by atoms with Gasteiger partial charge in [-0.3, -0.25) is 9.67 Å². The minimum absolute atomic E-state index is 0.187. The number of nitrogens with zero attached hydrogens (tertiary/aromatic N) is 3. The largest absolute Gasteiger partial charge is 0.305 e. The van der Waals surface area contributed by atoms with Gasteiger partial charge < -0.3 is 5.32 Å². The molecule has 0 spiro atoms. The second kappa shape index (κ2) is 7.20. The first-order chi connectivity index (χ1) is 9.77. The van der Waals surface area contributed by atoms with Gasteiger partial charge in [-0.1, -0.05) is 13.8 Å². The Hall–Kier alpha value is -1.68. The minimum atomic E-state index is 0.187. The van der Waals surface area contributed by atoms with E-state index in [0.717, 1.165) is 25.9 Å². The Bertz CT molecular complexity index is 533. The Balaban J connectivity index is 2.37. The lowest BCUT2D eigenvalue weighted by Gasteiger charge is -2.22. The molecule has 1 N–H and O–H groups in total. The van der Waals surface area contributed by atoms with Crippen molar-refractivity contribution in [2.75, 3.05) is 6.54 Å². The van der Waals surface area contributed by atoms with E-state index in [0.29, 0.717) is 0 Å². The number of aryl methyl sites for hydroxylation is 2. The lowest BCUT2D eigenvalue weighted by Crippen LogP contribution is -2.26. The van der Waals surface area contributed by atoms with Gasteiger partial charge in [0.2, 0.25) is 0 Å². The summed E-state index contributed by atoms with van der Waals surface area (Å²) in [5, 5.41) is 8.09. The fraction of sp³-hybridized carbons (Fsp3) is 0.500. The fourth-order valence-electron chi connectivity index (χ4n) is 2.46. The van der Waals surface area contributed by atoms with Crippen molar-refractivity contribution in [3.05, 3.63) is 47.5 Å². The molecule has 2 aromatic heterocycles. The summed E-state index contributed by atoms with van der Waals surface area (Å²) < 4.78 is 2.10. The van der Waals surface area contributed by atoms with Gasteiger partial charge >= 0.3 is 0 Å². The third-order valence-electron chi connectivity index (χ3n) is 3.45. The number of aromatic nitrogens is 3. The van der Waals surface area contributed by atoms with Gasteiger partial charge in [-0.25, -0.2) is 0 Å². The molecule has 0 radical (unpaired) electrons. The summed E-state index contributed by atoms with van der Waals surface area (Å²) in [6, 6.07) is 4.40. The highest BCUT2D eigenvalue weighted by molar-refractivity contribution is 5.32. The van der Waals surface area contributed by atoms with Gasteiger partial charge in [0.1, 0.15) is 0 Å². The fourth-order valence-corrected chi connectivity index (χ4v) is 2.46. The average Bonchev–Trinajstić information content (AvgIpc) is 2.90. The predicted octanol–water partition coefficient (Wildman–Crippen LogP) is 3.09. The van der Waals surface area contributed by atoms with Crippen LogP contribution in [0.4, 0.5) is 0 Å². The van der Waals surface area contributed by atoms with Gasteiger partial charge in [0.15, 0.2) is 0 Å². The van der Waals surface area contributed by atoms with Crippen molar-refractivity contribution in [2.24, 2.45) is 0 Å². The third kappa shape index (κ3) is 3.25. The van der Waals surface area contributed by atoms with Crippen LogP contribution in [0.1, 0.15) is 49.6 Å². The van der Waals surface area contributed by atoms with E-state index in [4.69, 9.17) is 0 Å². The molecular weight excluding hydrogens is 248 g/mol. The number of rotatable bonds is 7. The monoisotopic (exact) mass is 272 g/mol. The van der Waals surface area contributed by atoms with Crippen LogP contribution in [0.2, 0.25) is 0 Å². The molecule has 0 saturated heterocycles. The second-order valence-electron chi connectivity index (χ2n) is 5.10. The van der Waals surface area contributed by atoms with E-state index in [9.17, 15) is 0 Å². The third-order valence-corrected chi connectivity index (χ3v) is 3.45. The summed E-state index contributed by atoms with van der Waals surface area (Å²) in [6.07, 6.45) is 7.88. The summed E-state index contributed by atoms with van der Waals surface area (Å²) in [7, 11) is 0. The lowest BCUT2D eigenvalue weighted by molar-refractivity contribution is 0.510. The number of hydrogen-bond acceptors (Lipinski definition) is 3. The second-order valence-corrected chi connectivity index (χ2v) is 5.10. The maximum atomic E-state index is 4.45. The van der Waals surface area contributed by atoms with E-state index >= 15 is 0 Å². The lowest BCUT2D eigenvalue weighted by atomic mass is 10.0. The Kier molecular flexibility index (Phi) is 5.30. The summed E-state index contributed by atoms with van der Waals surface area (Å²) in [6.45, 7) is 8.43. The zero-order valence-electron chi connectivity index (χ0n) is 12.6. The Morgan fingerprint density at radius 3 is 2.75 bits per heavy atom. The van der Waals surface area contributed by atoms with Crippen molar-refractivity contribution < 1.29 is 0 Å². The van der Waals surface area contributed by atoms with Crippen molar-refractivity contribution in [2.45, 2.75) is 46.2 Å². The van der Waals surface area contributed by atoms with E-state index < -0.39 is 0 Å². The molecular formula is C16H24N4. The van der Waals surface area contributed by atoms with Crippen molar-refractivity contribution in [1.29, 1.82) is 0 Å². The Labute approximate surface area is 121 Å². The van der Waals surface area contributed by atoms with Gasteiger partial charge in [-0.15, -0.1) is 0 Å². The van der Waals surface area contributed by atoms with Crippen LogP contribution in [0.5, 0.6) is 0 Å². The molecule has 0 bridgehead atoms. The number of nitrogens with one attached hydrogen (secondary N) is 1. The molecule has 0 saturated carbocycles. The first kappa shape index (κ1) is 14.7. The standard InChI is InChI=1S/C16H24N4/c1-4-8-18-16(14-6-9-17-12-13(14)3)15-7-10-19-20(15)11-5-2/h6-7,9-10,12,16,18H,4-5,8,11H2,1-3H3. The van der Waals surface area contributed by atoms with Crippen molar-refractivity contribution in [3.63, 3.8) is 0 Å². The molecule has 4 heteroatoms. The first-order valence-corrected chi connectivity index (χ1v) is 7.43. The Morgan fingerprint density at radius 1 is 1.20 bits per heavy atom. The van der Waals surface area contributed by atoms with Gasteiger partial charge in [-0.2, -0.15) is 5.10 Å². The van der Waals surface area contributed by atoms with Crippen LogP contribution in [0, 0.1) is 6.92 Å². The van der Waals surface area contributed by atoms with E-state index in [1.165, 1.54) is 16.8 Å². The maximum absolute atomic E-state index is 4.45. The molecule has 0 aliphatic heterocycles. The molecule has 108 valence electrons. The van der Waals surface area contributed by atoms with Crippen LogP contribution < -0.4 is 5.32 Å². The van der Waals surface area contributed by atoms with Crippen LogP contribution in [0.3, 0.4) is 0 Å². The molecule has 0 aromatic carbocycles. The molecule has 2 heterocycles. The molecule has 2 rings (SSSR count). The van der Waals surface area contributed by atoms with Gasteiger partial charge in [0, 0.05) is 25.1 Å². The van der Waals surface area contributed by atoms with Crippen molar-refractivity contribution >= 4 is 0 Å². The number of pyridine rings is 1. The van der Waals surface area contributed by atoms with E-state index in [1.54, 1.807) is 0 Å². The minimum Gasteiger partial charge on any atom is -0.305 e. The smallest absolute Gasteiger partial charge is 0.0751 e. The van der Waals surface area contributed by atoms with Crippen molar-refractivity contribution in [1.82, 2.24) is 20.1 Å². The molecule has 0 amide bonds. The predicted molar refractivity (Wildman–Crippen MR) is 81.6 cm³/mol. The van der Waals surface area contributed by atoms with E-state index in [2.05, 4.69) is 53.0 Å². The summed E-state index contributed by atoms with van der Waals surface area (Å²) in [4.78, 5) is 4.20. The van der Waals surface area contributed by atoms with Gasteiger partial charge in [0.05, 0.1) is 11.7 Å². The van der Waals surface area contributed by atoms with Crippen LogP contribution in [-0.4, -0.2) is 21.3 Å². The first-order valence-electron chi connectivity index (χ1n) is 7.43. The highest BCUT2D eigenvalue weighted by Crippen LogP contribution is 2.24. The molecule has 0 aliphatic carbocycles. The quantitative estimate of drug-likeness (QED) is 0.842. The molecule has 1 unspecified atom stereocenters. The SMILES string of the molecule is CCCNC(c1ccncc1C)c1ccnn1CCC. The zero-order valence-corrected chi connectivity index (χ0v) is 12.6. The number of hydrogen-bond donors (Lipinski definition) is 1. The summed E-state index contributed by atoms with van der Waals surface area (Å²) >= 11 is 0. The summed E-state index contributed by atoms with van der Waals surface area (Å²) in [5.41, 5.74) is 3.73. The van der Waals surface area contributed by atoms with Gasteiger partial charge in [-0.05, 0) is 49.6 Å². The molecule has 2 aromatic rings. The zero-order chi connectivity index (χ0) is 14.4. The average molecular weight is 272 g/mol. The summed E-state index contributed by atoms with van der Waals surface area (Å²) in [5.74, 6) is 0. The van der Waals surface area contributed by atoms with Crippen LogP contribution >= 0.6 is 0 Å². The highest BCUT2D eigenvalue weighted by Gasteiger charge is 2.19. The van der Waals surface area contributed by atoms with E-state index in [1.807, 2.05) is 18.6 Å². The normalized spacial score (nSPS) is 12.6. The van der Waals surface area contributed by atoms with Crippen molar-refractivity contribution in [3.8, 4) is 0 Å². The topological polar surface area (TPSA) is 42.7 Å². The van der Waals surface area contributed by atoms with Crippen LogP contribution in [0.15, 0.2) is 30.7 Å². The molecule has 1 atom stereocenters. The van der Waals surface area contributed by atoms with Crippen LogP contribution in [-0.2, 0) is 6.54 Å². The molecule has 20 heavy (non-hydrogen) atoms. The van der Waals surface area contributed by atoms with Crippen LogP contribution in [0.25, 0.3) is 0 Å². The van der Waals surface area contributed by atoms with Gasteiger partial charge in [0.25, 0.3) is 0 Å². The van der Waals surface area contributed by atoms with E-state index in [-0.39, 0.29) is 6.04 Å².